The number of ether oxygens (including phenoxy) is 1. The van der Waals surface area contributed by atoms with Crippen molar-refractivity contribution in [1.29, 1.82) is 0 Å². The summed E-state index contributed by atoms with van der Waals surface area (Å²) in [6.07, 6.45) is 0. The first-order valence-electron chi connectivity index (χ1n) is 5.33. The van der Waals surface area contributed by atoms with Gasteiger partial charge in [-0.2, -0.15) is 0 Å². The van der Waals surface area contributed by atoms with Gasteiger partial charge in [-0.3, -0.25) is 0 Å². The van der Waals surface area contributed by atoms with E-state index in [2.05, 4.69) is 15.9 Å². The molecule has 18 heavy (non-hydrogen) atoms. The Kier molecular flexibility index (Phi) is 3.67. The number of aromatic hydroxyl groups is 1. The van der Waals surface area contributed by atoms with Crippen molar-refractivity contribution >= 4 is 21.9 Å². The first-order valence-corrected chi connectivity index (χ1v) is 6.13. The number of rotatable bonds is 2. The second-order valence-electron chi connectivity index (χ2n) is 3.87. The monoisotopic (exact) mass is 306 g/mol. The van der Waals surface area contributed by atoms with Crippen molar-refractivity contribution in [2.45, 2.75) is 6.92 Å². The van der Waals surface area contributed by atoms with Crippen LogP contribution in [0.2, 0.25) is 0 Å². The topological polar surface area (TPSA) is 46.5 Å². The van der Waals surface area contributed by atoms with Gasteiger partial charge in [-0.05, 0) is 48.9 Å². The molecule has 4 heteroatoms. The second kappa shape index (κ2) is 5.23. The fourth-order valence-corrected chi connectivity index (χ4v) is 1.72. The predicted molar refractivity (Wildman–Crippen MR) is 71.9 cm³/mol. The Labute approximate surface area is 113 Å². The fourth-order valence-electron chi connectivity index (χ4n) is 1.46. The minimum Gasteiger partial charge on any atom is -0.504 e. The number of hydrogen-bond acceptors (Lipinski definition) is 3. The number of esters is 1. The normalized spacial score (nSPS) is 10.1. The molecule has 0 atom stereocenters. The molecule has 0 radical (unpaired) electrons. The van der Waals surface area contributed by atoms with Crippen molar-refractivity contribution in [3.8, 4) is 11.5 Å². The molecular formula is C14H11BrO3. The van der Waals surface area contributed by atoms with Crippen LogP contribution < -0.4 is 4.74 Å². The Morgan fingerprint density at radius 3 is 2.44 bits per heavy atom. The first-order chi connectivity index (χ1) is 8.56. The van der Waals surface area contributed by atoms with Gasteiger partial charge in [0.15, 0.2) is 11.5 Å². The summed E-state index contributed by atoms with van der Waals surface area (Å²) in [5.41, 5.74) is 1.33. The summed E-state index contributed by atoms with van der Waals surface area (Å²) in [5, 5.41) is 9.65. The summed E-state index contributed by atoms with van der Waals surface area (Å²) < 4.78 is 6.01. The number of phenolic OH excluding ortho intramolecular Hbond substituents is 1. The van der Waals surface area contributed by atoms with Gasteiger partial charge in [0, 0.05) is 4.47 Å². The van der Waals surface area contributed by atoms with Crippen LogP contribution in [0.15, 0.2) is 46.9 Å². The molecule has 0 aliphatic rings. The molecule has 92 valence electrons. The number of aryl methyl sites for hydroxylation is 1. The molecule has 2 rings (SSSR count). The Hall–Kier alpha value is -1.81. The highest BCUT2D eigenvalue weighted by Crippen LogP contribution is 2.27. The van der Waals surface area contributed by atoms with Gasteiger partial charge in [-0.25, -0.2) is 4.79 Å². The second-order valence-corrected chi connectivity index (χ2v) is 4.78. The molecule has 2 aromatic rings. The molecule has 0 aliphatic carbocycles. The highest BCUT2D eigenvalue weighted by molar-refractivity contribution is 9.10. The van der Waals surface area contributed by atoms with E-state index in [4.69, 9.17) is 4.74 Å². The maximum atomic E-state index is 11.8. The molecule has 0 bridgehead atoms. The number of carbonyl (C=O) groups excluding carboxylic acids is 1. The van der Waals surface area contributed by atoms with E-state index in [1.54, 1.807) is 42.5 Å². The van der Waals surface area contributed by atoms with Crippen LogP contribution in [-0.2, 0) is 0 Å². The molecule has 3 nitrogen and oxygen atoms in total. The number of hydrogen-bond donors (Lipinski definition) is 1. The van der Waals surface area contributed by atoms with Crippen LogP contribution in [0.5, 0.6) is 11.5 Å². The van der Waals surface area contributed by atoms with Gasteiger partial charge >= 0.3 is 5.97 Å². The molecule has 0 heterocycles. The highest BCUT2D eigenvalue weighted by atomic mass is 79.9. The average molecular weight is 307 g/mol. The van der Waals surface area contributed by atoms with Gasteiger partial charge in [-0.15, -0.1) is 0 Å². The smallest absolute Gasteiger partial charge is 0.343 e. The van der Waals surface area contributed by atoms with Crippen molar-refractivity contribution in [2.24, 2.45) is 0 Å². The SMILES string of the molecule is Cc1ccc(OC(=O)c2ccc(Br)cc2)c(O)c1. The summed E-state index contributed by atoms with van der Waals surface area (Å²) in [7, 11) is 0. The van der Waals surface area contributed by atoms with E-state index in [1.807, 2.05) is 6.92 Å². The average Bonchev–Trinajstić information content (AvgIpc) is 2.33. The summed E-state index contributed by atoms with van der Waals surface area (Å²) in [6.45, 7) is 1.85. The Bertz CT molecular complexity index is 576. The summed E-state index contributed by atoms with van der Waals surface area (Å²) in [5.74, 6) is -0.379. The van der Waals surface area contributed by atoms with E-state index in [0.29, 0.717) is 5.56 Å². The van der Waals surface area contributed by atoms with E-state index in [-0.39, 0.29) is 11.5 Å². The molecule has 0 spiro atoms. The van der Waals surface area contributed by atoms with Crippen molar-refractivity contribution in [2.75, 3.05) is 0 Å². The number of carbonyl (C=O) groups is 1. The van der Waals surface area contributed by atoms with E-state index in [1.165, 1.54) is 0 Å². The van der Waals surface area contributed by atoms with Gasteiger partial charge in [0.05, 0.1) is 5.56 Å². The molecule has 1 N–H and O–H groups in total. The third-order valence-corrected chi connectivity index (χ3v) is 2.93. The van der Waals surface area contributed by atoms with Crippen LogP contribution in [-0.4, -0.2) is 11.1 Å². The van der Waals surface area contributed by atoms with Gasteiger partial charge in [0.2, 0.25) is 0 Å². The van der Waals surface area contributed by atoms with Crippen LogP contribution in [0.1, 0.15) is 15.9 Å². The maximum absolute atomic E-state index is 11.8. The molecule has 0 saturated heterocycles. The Morgan fingerprint density at radius 2 is 1.83 bits per heavy atom. The molecule has 0 unspecified atom stereocenters. The largest absolute Gasteiger partial charge is 0.504 e. The number of benzene rings is 2. The fraction of sp³-hybridized carbons (Fsp3) is 0.0714. The lowest BCUT2D eigenvalue weighted by molar-refractivity contribution is 0.0729. The molecule has 0 saturated carbocycles. The van der Waals surface area contributed by atoms with Crippen LogP contribution in [0.3, 0.4) is 0 Å². The molecule has 0 fully saturated rings. The number of halogens is 1. The standard InChI is InChI=1S/C14H11BrO3/c1-9-2-7-13(12(16)8-9)18-14(17)10-3-5-11(15)6-4-10/h2-8,16H,1H3. The van der Waals surface area contributed by atoms with Crippen LogP contribution >= 0.6 is 15.9 Å². The van der Waals surface area contributed by atoms with Crippen LogP contribution in [0.4, 0.5) is 0 Å². The van der Waals surface area contributed by atoms with Gasteiger partial charge < -0.3 is 9.84 Å². The van der Waals surface area contributed by atoms with Crippen LogP contribution in [0.25, 0.3) is 0 Å². The summed E-state index contributed by atoms with van der Waals surface area (Å²) in [4.78, 5) is 11.8. The number of phenols is 1. The van der Waals surface area contributed by atoms with Gasteiger partial charge in [0.25, 0.3) is 0 Å². The lowest BCUT2D eigenvalue weighted by atomic mass is 10.2. The molecule has 0 aliphatic heterocycles. The van der Waals surface area contributed by atoms with Crippen molar-refractivity contribution in [3.05, 3.63) is 58.1 Å². The van der Waals surface area contributed by atoms with E-state index >= 15 is 0 Å². The molecular weight excluding hydrogens is 296 g/mol. The quantitative estimate of drug-likeness (QED) is 0.680. The van der Waals surface area contributed by atoms with Gasteiger partial charge in [-0.1, -0.05) is 22.0 Å². The Balaban J connectivity index is 2.18. The lowest BCUT2D eigenvalue weighted by Gasteiger charge is -2.06. The van der Waals surface area contributed by atoms with E-state index in [0.717, 1.165) is 10.0 Å². The van der Waals surface area contributed by atoms with Gasteiger partial charge in [0.1, 0.15) is 0 Å². The summed E-state index contributed by atoms with van der Waals surface area (Å²) >= 11 is 3.29. The minimum atomic E-state index is -0.498. The van der Waals surface area contributed by atoms with Crippen molar-refractivity contribution in [1.82, 2.24) is 0 Å². The lowest BCUT2D eigenvalue weighted by Crippen LogP contribution is -2.08. The molecule has 0 aromatic heterocycles. The molecule has 0 amide bonds. The van der Waals surface area contributed by atoms with Crippen molar-refractivity contribution in [3.63, 3.8) is 0 Å². The zero-order valence-electron chi connectivity index (χ0n) is 9.68. The van der Waals surface area contributed by atoms with E-state index in [9.17, 15) is 9.90 Å². The zero-order chi connectivity index (χ0) is 13.1. The van der Waals surface area contributed by atoms with E-state index < -0.39 is 5.97 Å². The van der Waals surface area contributed by atoms with Crippen LogP contribution in [0, 0.1) is 6.92 Å². The third kappa shape index (κ3) is 2.90. The summed E-state index contributed by atoms with van der Waals surface area (Å²) in [6, 6.07) is 11.7. The van der Waals surface area contributed by atoms with Crippen molar-refractivity contribution < 1.29 is 14.6 Å². The first kappa shape index (κ1) is 12.6. The highest BCUT2D eigenvalue weighted by Gasteiger charge is 2.11. The zero-order valence-corrected chi connectivity index (χ0v) is 11.3. The predicted octanol–water partition coefficient (Wildman–Crippen LogP) is 3.68. The molecule has 2 aromatic carbocycles. The Morgan fingerprint density at radius 1 is 1.17 bits per heavy atom. The maximum Gasteiger partial charge on any atom is 0.343 e. The minimum absolute atomic E-state index is 0.0412. The third-order valence-electron chi connectivity index (χ3n) is 2.40.